The third kappa shape index (κ3) is 4.09. The predicted octanol–water partition coefficient (Wildman–Crippen LogP) is 2.93. The quantitative estimate of drug-likeness (QED) is 0.851. The van der Waals surface area contributed by atoms with Crippen LogP contribution >= 0.6 is 0 Å². The molecule has 1 aliphatic heterocycles. The van der Waals surface area contributed by atoms with E-state index in [1.54, 1.807) is 6.07 Å². The molecule has 0 aromatic heterocycles. The first-order valence-electron chi connectivity index (χ1n) is 6.89. The molecular weight excluding hydrogens is 302 g/mol. The van der Waals surface area contributed by atoms with Gasteiger partial charge in [0, 0.05) is 31.9 Å². The van der Waals surface area contributed by atoms with Crippen LogP contribution < -0.4 is 5.32 Å². The first-order valence-corrected chi connectivity index (χ1v) is 6.89. The SMILES string of the molecule is CC(N1CCN(C(=O)Nc2cccc(F)c2)CC1)C(F)(F)F. The Bertz CT molecular complexity index is 527. The molecule has 1 heterocycles. The molecule has 1 atom stereocenters. The molecule has 1 fully saturated rings. The van der Waals surface area contributed by atoms with E-state index in [0.29, 0.717) is 5.69 Å². The number of carbonyl (C=O) groups is 1. The van der Waals surface area contributed by atoms with Gasteiger partial charge in [-0.1, -0.05) is 6.07 Å². The van der Waals surface area contributed by atoms with Crippen LogP contribution in [0.25, 0.3) is 0 Å². The van der Waals surface area contributed by atoms with Crippen molar-refractivity contribution >= 4 is 11.7 Å². The average molecular weight is 319 g/mol. The van der Waals surface area contributed by atoms with E-state index < -0.39 is 24.1 Å². The van der Waals surface area contributed by atoms with Gasteiger partial charge in [0.05, 0.1) is 0 Å². The Labute approximate surface area is 125 Å². The van der Waals surface area contributed by atoms with Crippen LogP contribution in [-0.4, -0.2) is 54.2 Å². The highest BCUT2D eigenvalue weighted by atomic mass is 19.4. The van der Waals surface area contributed by atoms with Gasteiger partial charge in [0.2, 0.25) is 0 Å². The van der Waals surface area contributed by atoms with Crippen molar-refractivity contribution in [2.45, 2.75) is 19.1 Å². The van der Waals surface area contributed by atoms with E-state index in [9.17, 15) is 22.4 Å². The summed E-state index contributed by atoms with van der Waals surface area (Å²) in [6, 6.07) is 3.48. The number of nitrogens with zero attached hydrogens (tertiary/aromatic N) is 2. The van der Waals surface area contributed by atoms with Crippen LogP contribution in [0.4, 0.5) is 28.0 Å². The third-order valence-electron chi connectivity index (χ3n) is 3.70. The molecule has 0 aliphatic carbocycles. The summed E-state index contributed by atoms with van der Waals surface area (Å²) >= 11 is 0. The second-order valence-electron chi connectivity index (χ2n) is 5.18. The van der Waals surface area contributed by atoms with Crippen LogP contribution in [0, 0.1) is 5.82 Å². The summed E-state index contributed by atoms with van der Waals surface area (Å²) in [5.74, 6) is -0.471. The lowest BCUT2D eigenvalue weighted by Gasteiger charge is -2.38. The Kier molecular flexibility index (Phi) is 4.90. The number of carbonyl (C=O) groups excluding carboxylic acids is 1. The van der Waals surface area contributed by atoms with Gasteiger partial charge in [-0.3, -0.25) is 4.90 Å². The van der Waals surface area contributed by atoms with Crippen molar-refractivity contribution in [1.29, 1.82) is 0 Å². The summed E-state index contributed by atoms with van der Waals surface area (Å²) in [5.41, 5.74) is 0.316. The van der Waals surface area contributed by atoms with Crippen molar-refractivity contribution in [1.82, 2.24) is 9.80 Å². The average Bonchev–Trinajstić information content (AvgIpc) is 2.45. The van der Waals surface area contributed by atoms with Gasteiger partial charge in [-0.05, 0) is 25.1 Å². The normalized spacial score (nSPS) is 18.1. The maximum absolute atomic E-state index is 13.0. The van der Waals surface area contributed by atoms with Crippen LogP contribution in [0.15, 0.2) is 24.3 Å². The molecule has 0 bridgehead atoms. The standard InChI is InChI=1S/C14H17F4N3O/c1-10(14(16,17)18)20-5-7-21(8-6-20)13(22)19-12-4-2-3-11(15)9-12/h2-4,9-10H,5-8H2,1H3,(H,19,22). The highest BCUT2D eigenvalue weighted by Gasteiger charge is 2.41. The fourth-order valence-electron chi connectivity index (χ4n) is 2.29. The van der Waals surface area contributed by atoms with E-state index in [0.717, 1.165) is 6.92 Å². The molecule has 2 amide bonds. The number of urea groups is 1. The molecule has 0 spiro atoms. The van der Waals surface area contributed by atoms with E-state index in [4.69, 9.17) is 0 Å². The molecular formula is C14H17F4N3O. The summed E-state index contributed by atoms with van der Waals surface area (Å²) in [7, 11) is 0. The first-order chi connectivity index (χ1) is 10.3. The zero-order chi connectivity index (χ0) is 16.3. The number of anilines is 1. The number of piperazine rings is 1. The Hall–Kier alpha value is -1.83. The number of nitrogens with one attached hydrogen (secondary N) is 1. The van der Waals surface area contributed by atoms with Crippen molar-refractivity contribution in [2.75, 3.05) is 31.5 Å². The molecule has 1 aromatic rings. The molecule has 1 saturated heterocycles. The highest BCUT2D eigenvalue weighted by molar-refractivity contribution is 5.89. The molecule has 1 N–H and O–H groups in total. The van der Waals surface area contributed by atoms with E-state index in [1.807, 2.05) is 0 Å². The smallest absolute Gasteiger partial charge is 0.322 e. The van der Waals surface area contributed by atoms with Crippen molar-refractivity contribution in [3.05, 3.63) is 30.1 Å². The number of halogens is 4. The maximum Gasteiger partial charge on any atom is 0.403 e. The molecule has 1 aromatic carbocycles. The van der Waals surface area contributed by atoms with Crippen LogP contribution in [0.5, 0.6) is 0 Å². The minimum atomic E-state index is -4.27. The zero-order valence-corrected chi connectivity index (χ0v) is 12.0. The highest BCUT2D eigenvalue weighted by Crippen LogP contribution is 2.25. The minimum absolute atomic E-state index is 0.150. The van der Waals surface area contributed by atoms with Crippen molar-refractivity contribution < 1.29 is 22.4 Å². The molecule has 22 heavy (non-hydrogen) atoms. The third-order valence-corrected chi connectivity index (χ3v) is 3.70. The second kappa shape index (κ2) is 6.51. The van der Waals surface area contributed by atoms with E-state index in [2.05, 4.69) is 5.32 Å². The molecule has 2 rings (SSSR count). The van der Waals surface area contributed by atoms with Crippen LogP contribution in [0.1, 0.15) is 6.92 Å². The number of alkyl halides is 3. The Morgan fingerprint density at radius 1 is 1.23 bits per heavy atom. The van der Waals surface area contributed by atoms with Crippen molar-refractivity contribution in [3.8, 4) is 0 Å². The van der Waals surface area contributed by atoms with Gasteiger partial charge < -0.3 is 10.2 Å². The minimum Gasteiger partial charge on any atom is -0.322 e. The van der Waals surface area contributed by atoms with Crippen LogP contribution in [-0.2, 0) is 0 Å². The van der Waals surface area contributed by atoms with E-state index in [-0.39, 0.29) is 26.2 Å². The van der Waals surface area contributed by atoms with Crippen LogP contribution in [0.2, 0.25) is 0 Å². The van der Waals surface area contributed by atoms with Gasteiger partial charge in [0.1, 0.15) is 11.9 Å². The van der Waals surface area contributed by atoms with E-state index in [1.165, 1.54) is 28.0 Å². The molecule has 1 aliphatic rings. The van der Waals surface area contributed by atoms with Gasteiger partial charge in [-0.15, -0.1) is 0 Å². The molecule has 0 radical (unpaired) electrons. The lowest BCUT2D eigenvalue weighted by molar-refractivity contribution is -0.181. The molecule has 8 heteroatoms. The maximum atomic E-state index is 13.0. The predicted molar refractivity (Wildman–Crippen MR) is 74.1 cm³/mol. The fraction of sp³-hybridized carbons (Fsp3) is 0.500. The number of hydrogen-bond acceptors (Lipinski definition) is 2. The van der Waals surface area contributed by atoms with Gasteiger partial charge in [0.15, 0.2) is 0 Å². The van der Waals surface area contributed by atoms with Crippen molar-refractivity contribution in [2.24, 2.45) is 0 Å². The van der Waals surface area contributed by atoms with Gasteiger partial charge >= 0.3 is 12.2 Å². The topological polar surface area (TPSA) is 35.6 Å². The molecule has 0 saturated carbocycles. The van der Waals surface area contributed by atoms with Gasteiger partial charge in [-0.25, -0.2) is 9.18 Å². The Balaban J connectivity index is 1.87. The van der Waals surface area contributed by atoms with Crippen molar-refractivity contribution in [3.63, 3.8) is 0 Å². The second-order valence-corrected chi connectivity index (χ2v) is 5.18. The molecule has 122 valence electrons. The Morgan fingerprint density at radius 3 is 2.41 bits per heavy atom. The summed E-state index contributed by atoms with van der Waals surface area (Å²) in [6.45, 7) is 1.81. The first kappa shape index (κ1) is 16.5. The Morgan fingerprint density at radius 2 is 1.86 bits per heavy atom. The number of rotatable bonds is 2. The summed E-state index contributed by atoms with van der Waals surface area (Å²) in [6.07, 6.45) is -4.27. The fourth-order valence-corrected chi connectivity index (χ4v) is 2.29. The monoisotopic (exact) mass is 319 g/mol. The van der Waals surface area contributed by atoms with Gasteiger partial charge in [-0.2, -0.15) is 13.2 Å². The van der Waals surface area contributed by atoms with Gasteiger partial charge in [0.25, 0.3) is 0 Å². The number of benzene rings is 1. The number of hydrogen-bond donors (Lipinski definition) is 1. The summed E-state index contributed by atoms with van der Waals surface area (Å²) in [5, 5.41) is 2.53. The van der Waals surface area contributed by atoms with E-state index >= 15 is 0 Å². The molecule has 1 unspecified atom stereocenters. The number of amides is 2. The lowest BCUT2D eigenvalue weighted by atomic mass is 10.2. The molecule has 4 nitrogen and oxygen atoms in total. The summed E-state index contributed by atoms with van der Waals surface area (Å²) < 4.78 is 51.0. The lowest BCUT2D eigenvalue weighted by Crippen LogP contribution is -2.55. The summed E-state index contributed by atoms with van der Waals surface area (Å²) in [4.78, 5) is 14.7. The zero-order valence-electron chi connectivity index (χ0n) is 12.0. The largest absolute Gasteiger partial charge is 0.403 e. The van der Waals surface area contributed by atoms with Crippen LogP contribution in [0.3, 0.4) is 0 Å².